The molecular weight excluding hydrogens is 224 g/mol. The van der Waals surface area contributed by atoms with Crippen LogP contribution in [0.15, 0.2) is 41.5 Å². The van der Waals surface area contributed by atoms with Gasteiger partial charge in [-0.2, -0.15) is 0 Å². The zero-order valence-electron chi connectivity index (χ0n) is 11.0. The van der Waals surface area contributed by atoms with E-state index in [0.717, 1.165) is 11.3 Å². The number of carbonyl (C=O) groups is 1. The van der Waals surface area contributed by atoms with Crippen LogP contribution in [0.4, 0.5) is 5.69 Å². The van der Waals surface area contributed by atoms with E-state index in [9.17, 15) is 4.79 Å². The van der Waals surface area contributed by atoms with Crippen molar-refractivity contribution in [2.75, 3.05) is 5.32 Å². The van der Waals surface area contributed by atoms with Crippen LogP contribution in [0.1, 0.15) is 32.8 Å². The van der Waals surface area contributed by atoms with Crippen LogP contribution in [0.25, 0.3) is 0 Å². The maximum atomic E-state index is 12.0. The predicted molar refractivity (Wildman–Crippen MR) is 75.0 cm³/mol. The maximum absolute atomic E-state index is 12.0. The molecule has 0 unspecified atom stereocenters. The highest BCUT2D eigenvalue weighted by atomic mass is 16.1. The van der Waals surface area contributed by atoms with Crippen molar-refractivity contribution in [3.05, 3.63) is 42.1 Å². The molecule has 0 fully saturated rings. The minimum atomic E-state index is -0.114. The van der Waals surface area contributed by atoms with E-state index in [2.05, 4.69) is 31.1 Å². The molecule has 2 rings (SSSR count). The first kappa shape index (κ1) is 12.6. The van der Waals surface area contributed by atoms with Crippen LogP contribution >= 0.6 is 0 Å². The monoisotopic (exact) mass is 242 g/mol. The highest BCUT2D eigenvalue weighted by Gasteiger charge is 2.20. The Hall–Kier alpha value is -1.90. The summed E-state index contributed by atoms with van der Waals surface area (Å²) in [6, 6.07) is 7.90. The molecule has 1 N–H and O–H groups in total. The summed E-state index contributed by atoms with van der Waals surface area (Å²) in [7, 11) is 0. The van der Waals surface area contributed by atoms with Gasteiger partial charge in [-0.25, -0.2) is 0 Å². The molecular formula is C15H18N2O. The van der Waals surface area contributed by atoms with Crippen LogP contribution in [0.3, 0.4) is 0 Å². The third kappa shape index (κ3) is 2.67. The molecule has 0 saturated carbocycles. The van der Waals surface area contributed by atoms with Gasteiger partial charge in [0, 0.05) is 18.3 Å². The number of nitrogens with zero attached hydrogens (tertiary/aromatic N) is 1. The predicted octanol–water partition coefficient (Wildman–Crippen LogP) is 3.28. The quantitative estimate of drug-likeness (QED) is 0.849. The van der Waals surface area contributed by atoms with Crippen molar-refractivity contribution >= 4 is 17.3 Å². The molecule has 0 bridgehead atoms. The van der Waals surface area contributed by atoms with Crippen LogP contribution in [-0.4, -0.2) is 11.6 Å². The standard InChI is InChI=1S/C15H18N2O/c1-15(2,3)11-7-4-5-8-12(11)17-14(18)13-9-6-10-16-13/h4-8,10H,9H2,1-3H3,(H,17,18). The van der Waals surface area contributed by atoms with E-state index in [1.807, 2.05) is 30.3 Å². The number of nitrogens with one attached hydrogen (secondary N) is 1. The van der Waals surface area contributed by atoms with E-state index >= 15 is 0 Å². The average molecular weight is 242 g/mol. The molecule has 0 aliphatic carbocycles. The molecule has 0 saturated heterocycles. The lowest BCUT2D eigenvalue weighted by molar-refractivity contribution is -0.110. The molecule has 0 atom stereocenters. The minimum absolute atomic E-state index is 0.000388. The number of allylic oxidation sites excluding steroid dienone is 1. The Morgan fingerprint density at radius 2 is 2.00 bits per heavy atom. The summed E-state index contributed by atoms with van der Waals surface area (Å²) >= 11 is 0. The summed E-state index contributed by atoms with van der Waals surface area (Å²) in [4.78, 5) is 16.1. The third-order valence-electron chi connectivity index (χ3n) is 2.89. The second kappa shape index (κ2) is 4.77. The van der Waals surface area contributed by atoms with E-state index in [-0.39, 0.29) is 11.3 Å². The first-order valence-corrected chi connectivity index (χ1v) is 6.11. The lowest BCUT2D eigenvalue weighted by Crippen LogP contribution is -2.24. The Bertz CT molecular complexity index is 522. The number of anilines is 1. The first-order chi connectivity index (χ1) is 8.48. The van der Waals surface area contributed by atoms with E-state index in [1.54, 1.807) is 6.20 Å². The molecule has 1 heterocycles. The van der Waals surface area contributed by atoms with Gasteiger partial charge in [-0.05, 0) is 17.0 Å². The Kier molecular flexibility index (Phi) is 3.32. The van der Waals surface area contributed by atoms with Crippen LogP contribution in [0, 0.1) is 0 Å². The fourth-order valence-corrected chi connectivity index (χ4v) is 1.95. The van der Waals surface area contributed by atoms with Crippen molar-refractivity contribution in [3.63, 3.8) is 0 Å². The molecule has 1 amide bonds. The average Bonchev–Trinajstić information content (AvgIpc) is 2.81. The van der Waals surface area contributed by atoms with Crippen molar-refractivity contribution in [1.29, 1.82) is 0 Å². The summed E-state index contributed by atoms with van der Waals surface area (Å²) < 4.78 is 0. The lowest BCUT2D eigenvalue weighted by Gasteiger charge is -2.22. The molecule has 0 spiro atoms. The second-order valence-electron chi connectivity index (χ2n) is 5.41. The number of benzene rings is 1. The van der Waals surface area contributed by atoms with Crippen molar-refractivity contribution in [3.8, 4) is 0 Å². The van der Waals surface area contributed by atoms with Gasteiger partial charge in [0.1, 0.15) is 5.71 Å². The molecule has 1 aliphatic rings. The summed E-state index contributed by atoms with van der Waals surface area (Å²) in [6.07, 6.45) is 4.17. The van der Waals surface area contributed by atoms with Gasteiger partial charge in [-0.3, -0.25) is 9.79 Å². The van der Waals surface area contributed by atoms with Crippen LogP contribution in [0.5, 0.6) is 0 Å². The van der Waals surface area contributed by atoms with Crippen molar-refractivity contribution < 1.29 is 4.79 Å². The molecule has 1 aromatic rings. The van der Waals surface area contributed by atoms with Crippen molar-refractivity contribution in [2.45, 2.75) is 32.6 Å². The minimum Gasteiger partial charge on any atom is -0.321 e. The normalized spacial score (nSPS) is 14.5. The zero-order valence-corrected chi connectivity index (χ0v) is 11.0. The van der Waals surface area contributed by atoms with Gasteiger partial charge >= 0.3 is 0 Å². The van der Waals surface area contributed by atoms with Crippen LogP contribution in [0.2, 0.25) is 0 Å². The largest absolute Gasteiger partial charge is 0.321 e. The molecule has 0 radical (unpaired) electrons. The van der Waals surface area contributed by atoms with E-state index in [1.165, 1.54) is 0 Å². The van der Waals surface area contributed by atoms with Gasteiger partial charge in [-0.1, -0.05) is 45.0 Å². The number of hydrogen-bond donors (Lipinski definition) is 1. The fraction of sp³-hybridized carbons (Fsp3) is 0.333. The highest BCUT2D eigenvalue weighted by Crippen LogP contribution is 2.29. The van der Waals surface area contributed by atoms with Crippen LogP contribution in [-0.2, 0) is 10.2 Å². The summed E-state index contributed by atoms with van der Waals surface area (Å²) in [5.41, 5.74) is 2.56. The van der Waals surface area contributed by atoms with Gasteiger partial charge in [0.15, 0.2) is 0 Å². The molecule has 1 aliphatic heterocycles. The van der Waals surface area contributed by atoms with Crippen molar-refractivity contribution in [1.82, 2.24) is 0 Å². The van der Waals surface area contributed by atoms with Gasteiger partial charge in [0.25, 0.3) is 5.91 Å². The van der Waals surface area contributed by atoms with Gasteiger partial charge in [-0.15, -0.1) is 0 Å². The molecule has 3 heteroatoms. The Morgan fingerprint density at radius 3 is 2.61 bits per heavy atom. The number of hydrogen-bond acceptors (Lipinski definition) is 2. The first-order valence-electron chi connectivity index (χ1n) is 6.11. The Morgan fingerprint density at radius 1 is 1.28 bits per heavy atom. The van der Waals surface area contributed by atoms with Gasteiger partial charge in [0.2, 0.25) is 0 Å². The summed E-state index contributed by atoms with van der Waals surface area (Å²) in [5.74, 6) is -0.114. The van der Waals surface area contributed by atoms with Crippen LogP contribution < -0.4 is 5.32 Å². The molecule has 1 aromatic carbocycles. The molecule has 0 aromatic heterocycles. The summed E-state index contributed by atoms with van der Waals surface area (Å²) in [5, 5.41) is 2.95. The molecule has 18 heavy (non-hydrogen) atoms. The second-order valence-corrected chi connectivity index (χ2v) is 5.41. The maximum Gasteiger partial charge on any atom is 0.270 e. The van der Waals surface area contributed by atoms with E-state index in [4.69, 9.17) is 0 Å². The van der Waals surface area contributed by atoms with Gasteiger partial charge < -0.3 is 5.32 Å². The number of amides is 1. The topological polar surface area (TPSA) is 41.5 Å². The van der Waals surface area contributed by atoms with E-state index in [0.29, 0.717) is 12.1 Å². The Labute approximate surface area is 108 Å². The highest BCUT2D eigenvalue weighted by molar-refractivity contribution is 6.44. The Balaban J connectivity index is 2.22. The number of aliphatic imine (C=N–C) groups is 1. The number of para-hydroxylation sites is 1. The fourth-order valence-electron chi connectivity index (χ4n) is 1.95. The third-order valence-corrected chi connectivity index (χ3v) is 2.89. The van der Waals surface area contributed by atoms with Gasteiger partial charge in [0.05, 0.1) is 0 Å². The number of rotatable bonds is 2. The van der Waals surface area contributed by atoms with E-state index < -0.39 is 0 Å². The number of carbonyl (C=O) groups excluding carboxylic acids is 1. The summed E-state index contributed by atoms with van der Waals surface area (Å²) in [6.45, 7) is 6.39. The SMILES string of the molecule is CC(C)(C)c1ccccc1NC(=O)C1=NC=CC1. The zero-order chi connectivity index (χ0) is 13.2. The van der Waals surface area contributed by atoms with Crippen molar-refractivity contribution in [2.24, 2.45) is 4.99 Å². The molecule has 94 valence electrons. The lowest BCUT2D eigenvalue weighted by atomic mass is 9.86. The smallest absolute Gasteiger partial charge is 0.270 e. The molecule has 3 nitrogen and oxygen atoms in total.